The summed E-state index contributed by atoms with van der Waals surface area (Å²) < 4.78 is 0. The van der Waals surface area contributed by atoms with Crippen molar-refractivity contribution in [2.24, 2.45) is 0 Å². The zero-order chi connectivity index (χ0) is 24.5. The number of aromatic nitrogens is 1. The predicted octanol–water partition coefficient (Wildman–Crippen LogP) is 4.29. The molecule has 1 aliphatic rings. The molecule has 182 valence electrons. The molecule has 2 aromatic carbocycles. The van der Waals surface area contributed by atoms with E-state index in [1.54, 1.807) is 6.20 Å². The van der Waals surface area contributed by atoms with E-state index in [1.807, 2.05) is 65.6 Å². The van der Waals surface area contributed by atoms with Gasteiger partial charge in [-0.25, -0.2) is 4.98 Å². The number of hydrogen-bond acceptors (Lipinski definition) is 4. The standard InChI is InChI=1S/C29H34N4O2/c1-2-26(24-13-7-4-8-14-24)29(35)33-20-18-32(19-21-33)27-16-15-25(22-31-27)28(34)30-17-9-12-23-10-5-3-6-11-23/h3-8,10-11,13-16,22,26H,2,9,12,17-21H2,1H3,(H,30,34). The lowest BCUT2D eigenvalue weighted by Crippen LogP contribution is -2.50. The van der Waals surface area contributed by atoms with Crippen molar-refractivity contribution in [1.82, 2.24) is 15.2 Å². The summed E-state index contributed by atoms with van der Waals surface area (Å²) >= 11 is 0. The van der Waals surface area contributed by atoms with Gasteiger partial charge in [0.2, 0.25) is 5.91 Å². The van der Waals surface area contributed by atoms with E-state index in [-0.39, 0.29) is 17.7 Å². The number of rotatable bonds is 9. The average molecular weight is 471 g/mol. The van der Waals surface area contributed by atoms with Crippen molar-refractivity contribution in [2.45, 2.75) is 32.1 Å². The second kappa shape index (κ2) is 12.2. The quantitative estimate of drug-likeness (QED) is 0.474. The number of hydrogen-bond donors (Lipinski definition) is 1. The van der Waals surface area contributed by atoms with Crippen LogP contribution in [0.1, 0.15) is 47.2 Å². The fourth-order valence-electron chi connectivity index (χ4n) is 4.56. The van der Waals surface area contributed by atoms with Crippen LogP contribution in [-0.4, -0.2) is 54.4 Å². The lowest BCUT2D eigenvalue weighted by Gasteiger charge is -2.37. The van der Waals surface area contributed by atoms with Crippen LogP contribution >= 0.6 is 0 Å². The summed E-state index contributed by atoms with van der Waals surface area (Å²) in [5, 5.41) is 2.98. The van der Waals surface area contributed by atoms with Gasteiger partial charge in [-0.1, -0.05) is 67.6 Å². The molecule has 1 N–H and O–H groups in total. The number of nitrogens with zero attached hydrogens (tertiary/aromatic N) is 3. The third kappa shape index (κ3) is 6.47. The number of pyridine rings is 1. The molecule has 0 radical (unpaired) electrons. The lowest BCUT2D eigenvalue weighted by atomic mass is 9.95. The van der Waals surface area contributed by atoms with Crippen LogP contribution in [0.2, 0.25) is 0 Å². The Morgan fingerprint density at radius 3 is 2.23 bits per heavy atom. The smallest absolute Gasteiger partial charge is 0.252 e. The molecule has 1 fully saturated rings. The zero-order valence-corrected chi connectivity index (χ0v) is 20.4. The molecule has 1 unspecified atom stereocenters. The number of carbonyl (C=O) groups excluding carboxylic acids is 2. The first-order chi connectivity index (χ1) is 17.2. The summed E-state index contributed by atoms with van der Waals surface area (Å²) in [6.45, 7) is 5.51. The Labute approximate surface area is 208 Å². The van der Waals surface area contributed by atoms with Gasteiger partial charge in [-0.15, -0.1) is 0 Å². The number of amides is 2. The Kier molecular flexibility index (Phi) is 8.49. The number of benzene rings is 2. The summed E-state index contributed by atoms with van der Waals surface area (Å²) in [7, 11) is 0. The van der Waals surface area contributed by atoms with Crippen molar-refractivity contribution in [3.63, 3.8) is 0 Å². The topological polar surface area (TPSA) is 65.5 Å². The first kappa shape index (κ1) is 24.5. The molecule has 2 amide bonds. The summed E-state index contributed by atoms with van der Waals surface area (Å²) in [5.41, 5.74) is 2.92. The van der Waals surface area contributed by atoms with Gasteiger partial charge < -0.3 is 15.1 Å². The molecule has 1 aliphatic heterocycles. The Morgan fingerprint density at radius 2 is 1.60 bits per heavy atom. The summed E-state index contributed by atoms with van der Waals surface area (Å²) in [6, 6.07) is 24.0. The van der Waals surface area contributed by atoms with Crippen LogP contribution in [0.25, 0.3) is 0 Å². The highest BCUT2D eigenvalue weighted by molar-refractivity contribution is 5.94. The fraction of sp³-hybridized carbons (Fsp3) is 0.345. The first-order valence-corrected chi connectivity index (χ1v) is 12.5. The van der Waals surface area contributed by atoms with Gasteiger partial charge in [0, 0.05) is 38.9 Å². The van der Waals surface area contributed by atoms with E-state index in [2.05, 4.69) is 34.3 Å². The van der Waals surface area contributed by atoms with Crippen molar-refractivity contribution in [2.75, 3.05) is 37.6 Å². The summed E-state index contributed by atoms with van der Waals surface area (Å²) in [4.78, 5) is 34.3. The van der Waals surface area contributed by atoms with Crippen LogP contribution in [0.15, 0.2) is 79.0 Å². The molecule has 35 heavy (non-hydrogen) atoms. The SMILES string of the molecule is CCC(C(=O)N1CCN(c2ccc(C(=O)NCCCc3ccccc3)cn2)CC1)c1ccccc1. The Morgan fingerprint density at radius 1 is 0.914 bits per heavy atom. The van der Waals surface area contributed by atoms with E-state index in [0.29, 0.717) is 25.2 Å². The molecule has 1 aromatic heterocycles. The third-order valence-corrected chi connectivity index (χ3v) is 6.60. The molecule has 6 heteroatoms. The molecule has 4 rings (SSSR count). The number of aryl methyl sites for hydroxylation is 1. The van der Waals surface area contributed by atoms with Crippen LogP contribution in [0.3, 0.4) is 0 Å². The van der Waals surface area contributed by atoms with Crippen LogP contribution < -0.4 is 10.2 Å². The molecule has 0 spiro atoms. The van der Waals surface area contributed by atoms with Gasteiger partial charge in [0.15, 0.2) is 0 Å². The van der Waals surface area contributed by atoms with Crippen LogP contribution in [-0.2, 0) is 11.2 Å². The molecule has 0 bridgehead atoms. The summed E-state index contributed by atoms with van der Waals surface area (Å²) in [5.74, 6) is 0.851. The minimum Gasteiger partial charge on any atom is -0.353 e. The highest BCUT2D eigenvalue weighted by atomic mass is 16.2. The van der Waals surface area contributed by atoms with Crippen LogP contribution in [0.4, 0.5) is 5.82 Å². The molecule has 2 heterocycles. The summed E-state index contributed by atoms with van der Waals surface area (Å²) in [6.07, 6.45) is 4.27. The predicted molar refractivity (Wildman–Crippen MR) is 140 cm³/mol. The van der Waals surface area contributed by atoms with E-state index in [4.69, 9.17) is 0 Å². The Hall–Kier alpha value is -3.67. The molecule has 3 aromatic rings. The van der Waals surface area contributed by atoms with Crippen molar-refractivity contribution in [3.8, 4) is 0 Å². The highest BCUT2D eigenvalue weighted by Gasteiger charge is 2.27. The van der Waals surface area contributed by atoms with Gasteiger partial charge in [-0.05, 0) is 42.5 Å². The van der Waals surface area contributed by atoms with E-state index < -0.39 is 0 Å². The maximum atomic E-state index is 13.1. The minimum atomic E-state index is -0.0981. The van der Waals surface area contributed by atoms with Gasteiger partial charge in [0.25, 0.3) is 5.91 Å². The Balaban J connectivity index is 1.24. The normalized spacial score (nSPS) is 14.4. The van der Waals surface area contributed by atoms with Gasteiger partial charge in [-0.2, -0.15) is 0 Å². The van der Waals surface area contributed by atoms with Gasteiger partial charge in [0.1, 0.15) is 5.82 Å². The maximum Gasteiger partial charge on any atom is 0.252 e. The lowest BCUT2D eigenvalue weighted by molar-refractivity contribution is -0.133. The van der Waals surface area contributed by atoms with Gasteiger partial charge in [0.05, 0.1) is 11.5 Å². The second-order valence-corrected chi connectivity index (χ2v) is 8.93. The molecule has 1 saturated heterocycles. The van der Waals surface area contributed by atoms with Crippen molar-refractivity contribution >= 4 is 17.6 Å². The fourth-order valence-corrected chi connectivity index (χ4v) is 4.56. The third-order valence-electron chi connectivity index (χ3n) is 6.60. The number of carbonyl (C=O) groups is 2. The van der Waals surface area contributed by atoms with Crippen molar-refractivity contribution in [1.29, 1.82) is 0 Å². The average Bonchev–Trinajstić information content (AvgIpc) is 2.93. The van der Waals surface area contributed by atoms with Crippen molar-refractivity contribution in [3.05, 3.63) is 95.7 Å². The molecule has 0 aliphatic carbocycles. The van der Waals surface area contributed by atoms with Crippen LogP contribution in [0, 0.1) is 0 Å². The van der Waals surface area contributed by atoms with Gasteiger partial charge >= 0.3 is 0 Å². The Bertz CT molecular complexity index is 1080. The molecule has 1 atom stereocenters. The highest BCUT2D eigenvalue weighted by Crippen LogP contribution is 2.23. The van der Waals surface area contributed by atoms with E-state index in [9.17, 15) is 9.59 Å². The largest absolute Gasteiger partial charge is 0.353 e. The second-order valence-electron chi connectivity index (χ2n) is 8.93. The number of piperazine rings is 1. The maximum absolute atomic E-state index is 13.1. The minimum absolute atomic E-state index is 0.0913. The molecule has 6 nitrogen and oxygen atoms in total. The van der Waals surface area contributed by atoms with Gasteiger partial charge in [-0.3, -0.25) is 9.59 Å². The van der Waals surface area contributed by atoms with E-state index >= 15 is 0 Å². The molecule has 0 saturated carbocycles. The zero-order valence-electron chi connectivity index (χ0n) is 20.4. The monoisotopic (exact) mass is 470 g/mol. The molecular weight excluding hydrogens is 436 g/mol. The van der Waals surface area contributed by atoms with E-state index in [0.717, 1.165) is 43.7 Å². The van der Waals surface area contributed by atoms with Crippen molar-refractivity contribution < 1.29 is 9.59 Å². The number of anilines is 1. The van der Waals surface area contributed by atoms with Crippen LogP contribution in [0.5, 0.6) is 0 Å². The van der Waals surface area contributed by atoms with E-state index in [1.165, 1.54) is 5.56 Å². The molecular formula is C29H34N4O2. The first-order valence-electron chi connectivity index (χ1n) is 12.5. The number of nitrogens with one attached hydrogen (secondary N) is 1.